The molecule has 0 saturated heterocycles. The Kier molecular flexibility index (Phi) is 6.71. The Morgan fingerprint density at radius 3 is 2.30 bits per heavy atom. The van der Waals surface area contributed by atoms with Crippen LogP contribution in [0.1, 0.15) is 50.2 Å². The first-order chi connectivity index (χ1) is 12.8. The highest BCUT2D eigenvalue weighted by atomic mass is 16.5. The molecule has 2 N–H and O–H groups in total. The maximum absolute atomic E-state index is 12.5. The van der Waals surface area contributed by atoms with Crippen molar-refractivity contribution < 1.29 is 24.2 Å². The highest BCUT2D eigenvalue weighted by Crippen LogP contribution is 2.22. The number of nitrogens with one attached hydrogen (secondary N) is 1. The number of methoxy groups -OCH3 is 1. The van der Waals surface area contributed by atoms with Crippen molar-refractivity contribution in [1.82, 2.24) is 5.32 Å². The number of amides is 1. The Balaban J connectivity index is 2.17. The van der Waals surface area contributed by atoms with Crippen LogP contribution in [-0.4, -0.2) is 29.9 Å². The van der Waals surface area contributed by atoms with Crippen LogP contribution >= 0.6 is 0 Å². The molecule has 0 atom stereocenters. The summed E-state index contributed by atoms with van der Waals surface area (Å²) in [6.45, 7) is 4.36. The van der Waals surface area contributed by atoms with Crippen LogP contribution in [0.3, 0.4) is 0 Å². The van der Waals surface area contributed by atoms with E-state index in [9.17, 15) is 14.4 Å². The minimum Gasteiger partial charge on any atom is -0.496 e. The molecule has 0 heterocycles. The van der Waals surface area contributed by atoms with Gasteiger partial charge in [0, 0.05) is 18.5 Å². The number of carboxylic acids is 1. The van der Waals surface area contributed by atoms with Gasteiger partial charge in [0.15, 0.2) is 5.78 Å². The summed E-state index contributed by atoms with van der Waals surface area (Å²) >= 11 is 0. The Morgan fingerprint density at radius 2 is 1.70 bits per heavy atom. The third kappa shape index (κ3) is 5.17. The number of benzene rings is 2. The van der Waals surface area contributed by atoms with Crippen LogP contribution in [0.15, 0.2) is 36.4 Å². The van der Waals surface area contributed by atoms with E-state index >= 15 is 0 Å². The molecule has 0 bridgehead atoms. The summed E-state index contributed by atoms with van der Waals surface area (Å²) in [7, 11) is 1.42. The fourth-order valence-corrected chi connectivity index (χ4v) is 2.82. The van der Waals surface area contributed by atoms with Gasteiger partial charge in [-0.1, -0.05) is 18.2 Å². The van der Waals surface area contributed by atoms with Crippen molar-refractivity contribution in [2.24, 2.45) is 0 Å². The Labute approximate surface area is 158 Å². The number of carboxylic acid groups (broad SMARTS) is 1. The van der Waals surface area contributed by atoms with E-state index in [-0.39, 0.29) is 30.1 Å². The topological polar surface area (TPSA) is 92.7 Å². The van der Waals surface area contributed by atoms with Gasteiger partial charge in [-0.25, -0.2) is 0 Å². The minimum absolute atomic E-state index is 0.154. The van der Waals surface area contributed by atoms with Crippen molar-refractivity contribution in [3.8, 4) is 5.75 Å². The molecule has 2 aromatic rings. The van der Waals surface area contributed by atoms with Crippen molar-refractivity contribution in [3.05, 3.63) is 64.2 Å². The lowest BCUT2D eigenvalue weighted by molar-refractivity contribution is -0.136. The predicted molar refractivity (Wildman–Crippen MR) is 101 cm³/mol. The molecule has 0 aromatic heterocycles. The Bertz CT molecular complexity index is 853. The molecule has 2 rings (SSSR count). The van der Waals surface area contributed by atoms with Crippen LogP contribution in [-0.2, 0) is 11.3 Å². The lowest BCUT2D eigenvalue weighted by Crippen LogP contribution is -2.24. The maximum atomic E-state index is 12.5. The predicted octanol–water partition coefficient (Wildman–Crippen LogP) is 3.29. The van der Waals surface area contributed by atoms with Crippen molar-refractivity contribution in [3.63, 3.8) is 0 Å². The molecule has 0 aliphatic heterocycles. The molecule has 0 fully saturated rings. The summed E-state index contributed by atoms with van der Waals surface area (Å²) < 4.78 is 5.17. The van der Waals surface area contributed by atoms with Crippen molar-refractivity contribution in [2.75, 3.05) is 7.11 Å². The molecule has 2 aromatic carbocycles. The summed E-state index contributed by atoms with van der Waals surface area (Å²) in [6.07, 6.45) is -0.426. The first kappa shape index (κ1) is 20.2. The summed E-state index contributed by atoms with van der Waals surface area (Å²) in [4.78, 5) is 35.5. The number of hydrogen-bond acceptors (Lipinski definition) is 4. The molecule has 6 heteroatoms. The van der Waals surface area contributed by atoms with E-state index in [4.69, 9.17) is 9.84 Å². The number of aliphatic carboxylic acids is 1. The van der Waals surface area contributed by atoms with Crippen molar-refractivity contribution >= 4 is 17.7 Å². The van der Waals surface area contributed by atoms with Gasteiger partial charge in [0.05, 0.1) is 19.1 Å². The third-order valence-corrected chi connectivity index (χ3v) is 4.40. The summed E-state index contributed by atoms with van der Waals surface area (Å²) in [5.74, 6) is -1.42. The van der Waals surface area contributed by atoms with Gasteiger partial charge in [0.25, 0.3) is 5.91 Å². The number of carbonyl (C=O) groups excluding carboxylic acids is 2. The van der Waals surface area contributed by atoms with E-state index in [0.29, 0.717) is 17.9 Å². The first-order valence-electron chi connectivity index (χ1n) is 8.59. The lowest BCUT2D eigenvalue weighted by Gasteiger charge is -2.12. The molecule has 0 saturated carbocycles. The summed E-state index contributed by atoms with van der Waals surface area (Å²) in [5.41, 5.74) is 3.76. The SMILES string of the molecule is COc1ccc(C(=O)NCc2c(C)cccc2C)cc1C(=O)CCC(=O)O. The number of rotatable bonds is 8. The van der Waals surface area contributed by atoms with Gasteiger partial charge in [0.1, 0.15) is 5.75 Å². The van der Waals surface area contributed by atoms with Gasteiger partial charge in [-0.2, -0.15) is 0 Å². The fraction of sp³-hybridized carbons (Fsp3) is 0.286. The van der Waals surface area contributed by atoms with Gasteiger partial charge in [-0.15, -0.1) is 0 Å². The van der Waals surface area contributed by atoms with Crippen molar-refractivity contribution in [1.29, 1.82) is 0 Å². The maximum Gasteiger partial charge on any atom is 0.303 e. The van der Waals surface area contributed by atoms with Crippen LogP contribution < -0.4 is 10.1 Å². The number of hydrogen-bond donors (Lipinski definition) is 2. The molecule has 0 unspecified atom stereocenters. The second kappa shape index (κ2) is 8.98. The zero-order chi connectivity index (χ0) is 20.0. The third-order valence-electron chi connectivity index (χ3n) is 4.40. The van der Waals surface area contributed by atoms with Gasteiger partial charge < -0.3 is 15.2 Å². The molecule has 1 amide bonds. The summed E-state index contributed by atoms with van der Waals surface area (Å²) in [5, 5.41) is 11.6. The van der Waals surface area contributed by atoms with E-state index < -0.39 is 5.97 Å². The minimum atomic E-state index is -1.05. The molecular formula is C21H23NO5. The second-order valence-corrected chi connectivity index (χ2v) is 6.29. The smallest absolute Gasteiger partial charge is 0.303 e. The highest BCUT2D eigenvalue weighted by molar-refractivity contribution is 6.03. The van der Waals surface area contributed by atoms with Gasteiger partial charge in [0.2, 0.25) is 0 Å². The van der Waals surface area contributed by atoms with Crippen LogP contribution in [0, 0.1) is 13.8 Å². The molecule has 27 heavy (non-hydrogen) atoms. The molecule has 0 aliphatic rings. The number of carbonyl (C=O) groups is 3. The lowest BCUT2D eigenvalue weighted by atomic mass is 10.0. The van der Waals surface area contributed by atoms with E-state index in [2.05, 4.69) is 5.32 Å². The number of Topliss-reactive ketones (excluding diaryl/α,β-unsaturated/α-hetero) is 1. The molecule has 0 aliphatic carbocycles. The quantitative estimate of drug-likeness (QED) is 0.697. The number of aryl methyl sites for hydroxylation is 2. The first-order valence-corrected chi connectivity index (χ1v) is 8.59. The van der Waals surface area contributed by atoms with E-state index in [1.54, 1.807) is 12.1 Å². The van der Waals surface area contributed by atoms with Crippen LogP contribution in [0.2, 0.25) is 0 Å². The molecule has 0 radical (unpaired) electrons. The largest absolute Gasteiger partial charge is 0.496 e. The normalized spacial score (nSPS) is 10.3. The second-order valence-electron chi connectivity index (χ2n) is 6.29. The Hall–Kier alpha value is -3.15. The zero-order valence-corrected chi connectivity index (χ0v) is 15.7. The van der Waals surface area contributed by atoms with Gasteiger partial charge in [-0.05, 0) is 48.7 Å². The average molecular weight is 369 g/mol. The average Bonchev–Trinajstić information content (AvgIpc) is 2.64. The molecule has 0 spiro atoms. The zero-order valence-electron chi connectivity index (χ0n) is 15.7. The van der Waals surface area contributed by atoms with E-state index in [0.717, 1.165) is 16.7 Å². The highest BCUT2D eigenvalue weighted by Gasteiger charge is 2.17. The van der Waals surface area contributed by atoms with Crippen LogP contribution in [0.4, 0.5) is 0 Å². The van der Waals surface area contributed by atoms with Crippen LogP contribution in [0.25, 0.3) is 0 Å². The number of ether oxygens (including phenoxy) is 1. The van der Waals surface area contributed by atoms with Gasteiger partial charge >= 0.3 is 5.97 Å². The van der Waals surface area contributed by atoms with E-state index in [1.165, 1.54) is 13.2 Å². The molecule has 6 nitrogen and oxygen atoms in total. The summed E-state index contributed by atoms with van der Waals surface area (Å²) in [6, 6.07) is 10.5. The van der Waals surface area contributed by atoms with E-state index in [1.807, 2.05) is 32.0 Å². The van der Waals surface area contributed by atoms with Crippen molar-refractivity contribution in [2.45, 2.75) is 33.2 Å². The molecule has 142 valence electrons. The molecular weight excluding hydrogens is 346 g/mol. The Morgan fingerprint density at radius 1 is 1.04 bits per heavy atom. The standard InChI is InChI=1S/C21H23NO5/c1-13-5-4-6-14(2)17(13)12-22-21(26)15-7-9-19(27-3)16(11-15)18(23)8-10-20(24)25/h4-7,9,11H,8,10,12H2,1-3H3,(H,22,26)(H,24,25). The van der Waals surface area contributed by atoms with Crippen LogP contribution in [0.5, 0.6) is 5.75 Å². The monoisotopic (exact) mass is 369 g/mol. The van der Waals surface area contributed by atoms with Gasteiger partial charge in [-0.3, -0.25) is 14.4 Å². The fourth-order valence-electron chi connectivity index (χ4n) is 2.82. The number of ketones is 1.